The van der Waals surface area contributed by atoms with E-state index in [0.717, 1.165) is 22.3 Å². The molecule has 130 valence electrons. The molecule has 0 saturated carbocycles. The fourth-order valence-electron chi connectivity index (χ4n) is 3.35. The van der Waals surface area contributed by atoms with Crippen LogP contribution in [0.4, 0.5) is 0 Å². The van der Waals surface area contributed by atoms with E-state index in [9.17, 15) is 9.59 Å². The molecule has 0 aliphatic heterocycles. The topological polar surface area (TPSA) is 81.4 Å². The van der Waals surface area contributed by atoms with E-state index in [1.54, 1.807) is 6.92 Å². The summed E-state index contributed by atoms with van der Waals surface area (Å²) in [6, 6.07) is 15.2. The molecule has 0 spiro atoms. The average molecular weight is 338 g/mol. The number of nitrogens with one attached hydrogen (secondary N) is 1. The number of carbonyl (C=O) groups excluding carboxylic acids is 2. The summed E-state index contributed by atoms with van der Waals surface area (Å²) in [5.41, 5.74) is 9.66. The maximum absolute atomic E-state index is 12.9. The summed E-state index contributed by atoms with van der Waals surface area (Å²) in [4.78, 5) is 24.5. The number of nitrogens with two attached hydrogens (primary N) is 1. The molecule has 0 heterocycles. The third-order valence-electron chi connectivity index (χ3n) is 4.69. The number of amides is 1. The van der Waals surface area contributed by atoms with E-state index in [4.69, 9.17) is 5.73 Å². The van der Waals surface area contributed by atoms with Crippen molar-refractivity contribution in [1.29, 1.82) is 0 Å². The summed E-state index contributed by atoms with van der Waals surface area (Å²) in [7, 11) is 1.29. The lowest BCUT2D eigenvalue weighted by molar-refractivity contribution is -0.145. The minimum absolute atomic E-state index is 0.350. The molecule has 1 aliphatic carbocycles. The van der Waals surface area contributed by atoms with Gasteiger partial charge in [0.25, 0.3) is 0 Å². The summed E-state index contributed by atoms with van der Waals surface area (Å²) < 4.78 is 4.68. The molecular formula is C20H22N2O3. The molecule has 1 atom stereocenters. The second-order valence-corrected chi connectivity index (χ2v) is 6.54. The number of benzene rings is 2. The standard InChI is InChI=1S/C20H22N2O3/c1-13(18(23)25-2)22-19(24)20(21)11-14-7-3-5-9-16(14)17-10-6-4-8-15(17)12-20/h3-10,13H,11-12,21H2,1-2H3,(H,22,24). The smallest absolute Gasteiger partial charge is 0.328 e. The van der Waals surface area contributed by atoms with Crippen LogP contribution in [0.25, 0.3) is 11.1 Å². The van der Waals surface area contributed by atoms with Gasteiger partial charge in [0.1, 0.15) is 11.6 Å². The van der Waals surface area contributed by atoms with Crippen LogP contribution in [0.5, 0.6) is 0 Å². The van der Waals surface area contributed by atoms with Crippen molar-refractivity contribution in [1.82, 2.24) is 5.32 Å². The minimum Gasteiger partial charge on any atom is -0.467 e. The van der Waals surface area contributed by atoms with Gasteiger partial charge in [-0.3, -0.25) is 4.79 Å². The summed E-state index contributed by atoms with van der Waals surface area (Å²) in [5.74, 6) is -0.844. The van der Waals surface area contributed by atoms with Crippen LogP contribution in [0.3, 0.4) is 0 Å². The molecule has 5 nitrogen and oxygen atoms in total. The Hall–Kier alpha value is -2.66. The molecule has 2 aromatic carbocycles. The lowest BCUT2D eigenvalue weighted by Gasteiger charge is -2.28. The zero-order valence-electron chi connectivity index (χ0n) is 14.4. The highest BCUT2D eigenvalue weighted by molar-refractivity contribution is 5.92. The van der Waals surface area contributed by atoms with Crippen molar-refractivity contribution < 1.29 is 14.3 Å². The van der Waals surface area contributed by atoms with Crippen LogP contribution >= 0.6 is 0 Å². The number of methoxy groups -OCH3 is 1. The molecule has 0 fully saturated rings. The molecule has 0 radical (unpaired) electrons. The Labute approximate surface area is 147 Å². The van der Waals surface area contributed by atoms with E-state index in [1.807, 2.05) is 36.4 Å². The number of hydrogen-bond donors (Lipinski definition) is 2. The van der Waals surface area contributed by atoms with Crippen molar-refractivity contribution in [2.45, 2.75) is 31.3 Å². The van der Waals surface area contributed by atoms with Gasteiger partial charge in [0, 0.05) is 12.8 Å². The van der Waals surface area contributed by atoms with Crippen LogP contribution in [0.2, 0.25) is 0 Å². The molecule has 0 aromatic heterocycles. The zero-order chi connectivity index (χ0) is 18.0. The van der Waals surface area contributed by atoms with Gasteiger partial charge in [0.15, 0.2) is 0 Å². The van der Waals surface area contributed by atoms with E-state index < -0.39 is 17.6 Å². The maximum Gasteiger partial charge on any atom is 0.328 e. The molecule has 1 unspecified atom stereocenters. The Morgan fingerprint density at radius 2 is 1.52 bits per heavy atom. The molecular weight excluding hydrogens is 316 g/mol. The Morgan fingerprint density at radius 3 is 2.00 bits per heavy atom. The molecule has 0 bridgehead atoms. The van der Waals surface area contributed by atoms with E-state index in [1.165, 1.54) is 7.11 Å². The Kier molecular flexibility index (Phi) is 4.59. The maximum atomic E-state index is 12.9. The lowest BCUT2D eigenvalue weighted by Crippen LogP contribution is -2.59. The number of rotatable bonds is 3. The van der Waals surface area contributed by atoms with Crippen molar-refractivity contribution in [2.75, 3.05) is 7.11 Å². The van der Waals surface area contributed by atoms with Gasteiger partial charge in [0.05, 0.1) is 7.11 Å². The summed E-state index contributed by atoms with van der Waals surface area (Å²) in [6.07, 6.45) is 0.801. The van der Waals surface area contributed by atoms with Gasteiger partial charge in [-0.15, -0.1) is 0 Å². The molecule has 5 heteroatoms. The number of fused-ring (bicyclic) bond motifs is 3. The van der Waals surface area contributed by atoms with Crippen LogP contribution in [-0.4, -0.2) is 30.6 Å². The average Bonchev–Trinajstić information content (AvgIpc) is 2.75. The summed E-state index contributed by atoms with van der Waals surface area (Å²) in [5, 5.41) is 2.69. The fraction of sp³-hybridized carbons (Fsp3) is 0.300. The predicted molar refractivity (Wildman–Crippen MR) is 95.8 cm³/mol. The van der Waals surface area contributed by atoms with E-state index in [2.05, 4.69) is 22.2 Å². The van der Waals surface area contributed by atoms with Gasteiger partial charge in [-0.2, -0.15) is 0 Å². The third kappa shape index (κ3) is 3.28. The van der Waals surface area contributed by atoms with Crippen LogP contribution in [0.1, 0.15) is 18.1 Å². The van der Waals surface area contributed by atoms with Gasteiger partial charge < -0.3 is 15.8 Å². The van der Waals surface area contributed by atoms with E-state index in [-0.39, 0.29) is 5.91 Å². The fourth-order valence-corrected chi connectivity index (χ4v) is 3.35. The summed E-state index contributed by atoms with van der Waals surface area (Å²) in [6.45, 7) is 1.59. The Morgan fingerprint density at radius 1 is 1.04 bits per heavy atom. The highest BCUT2D eigenvalue weighted by atomic mass is 16.5. The third-order valence-corrected chi connectivity index (χ3v) is 4.69. The number of esters is 1. The highest BCUT2D eigenvalue weighted by Crippen LogP contribution is 2.35. The van der Waals surface area contributed by atoms with Gasteiger partial charge in [0.2, 0.25) is 5.91 Å². The van der Waals surface area contributed by atoms with E-state index in [0.29, 0.717) is 12.8 Å². The first-order chi connectivity index (χ1) is 11.9. The minimum atomic E-state index is -1.13. The van der Waals surface area contributed by atoms with Crippen molar-refractivity contribution >= 4 is 11.9 Å². The molecule has 3 N–H and O–H groups in total. The highest BCUT2D eigenvalue weighted by Gasteiger charge is 2.39. The Balaban J connectivity index is 1.99. The molecule has 1 aliphatic rings. The monoisotopic (exact) mass is 338 g/mol. The van der Waals surface area contributed by atoms with Gasteiger partial charge >= 0.3 is 5.97 Å². The molecule has 25 heavy (non-hydrogen) atoms. The lowest BCUT2D eigenvalue weighted by atomic mass is 9.86. The van der Waals surface area contributed by atoms with Crippen LogP contribution < -0.4 is 11.1 Å². The molecule has 0 saturated heterocycles. The van der Waals surface area contributed by atoms with Crippen LogP contribution in [0, 0.1) is 0 Å². The first kappa shape index (κ1) is 17.2. The normalized spacial score (nSPS) is 16.0. The van der Waals surface area contributed by atoms with Crippen molar-refractivity contribution in [3.05, 3.63) is 59.7 Å². The second-order valence-electron chi connectivity index (χ2n) is 6.54. The van der Waals surface area contributed by atoms with Crippen molar-refractivity contribution in [3.63, 3.8) is 0 Å². The van der Waals surface area contributed by atoms with Crippen LogP contribution in [-0.2, 0) is 27.2 Å². The first-order valence-electron chi connectivity index (χ1n) is 8.28. The molecule has 3 rings (SSSR count). The van der Waals surface area contributed by atoms with Crippen molar-refractivity contribution in [2.24, 2.45) is 5.73 Å². The summed E-state index contributed by atoms with van der Waals surface area (Å²) >= 11 is 0. The molecule has 2 aromatic rings. The Bertz CT molecular complexity index is 769. The van der Waals surface area contributed by atoms with Gasteiger partial charge in [-0.1, -0.05) is 48.5 Å². The number of carbonyl (C=O) groups is 2. The quantitative estimate of drug-likeness (QED) is 0.837. The molecule has 1 amide bonds. The van der Waals surface area contributed by atoms with Gasteiger partial charge in [-0.25, -0.2) is 4.79 Å². The zero-order valence-corrected chi connectivity index (χ0v) is 14.4. The largest absolute Gasteiger partial charge is 0.467 e. The van der Waals surface area contributed by atoms with E-state index >= 15 is 0 Å². The second kappa shape index (κ2) is 6.69. The van der Waals surface area contributed by atoms with Crippen LogP contribution in [0.15, 0.2) is 48.5 Å². The van der Waals surface area contributed by atoms with Crippen molar-refractivity contribution in [3.8, 4) is 11.1 Å². The number of ether oxygens (including phenoxy) is 1. The SMILES string of the molecule is COC(=O)C(C)NC(=O)C1(N)Cc2ccccc2-c2ccccc2C1. The predicted octanol–water partition coefficient (Wildman–Crippen LogP) is 1.83. The number of hydrogen-bond acceptors (Lipinski definition) is 4. The van der Waals surface area contributed by atoms with Gasteiger partial charge in [-0.05, 0) is 29.2 Å². The first-order valence-corrected chi connectivity index (χ1v) is 8.28.